The summed E-state index contributed by atoms with van der Waals surface area (Å²) in [6.07, 6.45) is 1.48. The Kier molecular flexibility index (Phi) is 5.24. The maximum absolute atomic E-state index is 10.8. The molecule has 2 aromatic rings. The van der Waals surface area contributed by atoms with Gasteiger partial charge in [0.25, 0.3) is 5.69 Å². The molecule has 0 unspecified atom stereocenters. The number of thiophene rings is 1. The molecule has 22 heavy (non-hydrogen) atoms. The first kappa shape index (κ1) is 16.1. The Bertz CT molecular complexity index is 669. The van der Waals surface area contributed by atoms with Crippen LogP contribution >= 0.6 is 11.3 Å². The monoisotopic (exact) mass is 319 g/mol. The number of non-ortho nitro benzene ring substituents is 1. The summed E-state index contributed by atoms with van der Waals surface area (Å²) in [5, 5.41) is 22.5. The van der Waals surface area contributed by atoms with Crippen molar-refractivity contribution in [2.24, 2.45) is 4.99 Å². The van der Waals surface area contributed by atoms with Crippen molar-refractivity contribution >= 4 is 23.2 Å². The molecule has 1 atom stereocenters. The lowest BCUT2D eigenvalue weighted by Crippen LogP contribution is -2.21. The third-order valence-corrected chi connectivity index (χ3v) is 4.20. The summed E-state index contributed by atoms with van der Waals surface area (Å²) in [7, 11) is 3.95. The first-order valence-electron chi connectivity index (χ1n) is 6.66. The van der Waals surface area contributed by atoms with Crippen LogP contribution in [0.15, 0.2) is 40.7 Å². The molecular weight excluding hydrogens is 302 g/mol. The van der Waals surface area contributed by atoms with Crippen LogP contribution in [0.4, 0.5) is 5.69 Å². The van der Waals surface area contributed by atoms with Crippen LogP contribution in [-0.2, 0) is 0 Å². The second-order valence-electron chi connectivity index (χ2n) is 4.99. The minimum Gasteiger partial charge on any atom is -0.507 e. The van der Waals surface area contributed by atoms with Crippen molar-refractivity contribution in [3.63, 3.8) is 0 Å². The minimum absolute atomic E-state index is 0.0214. The Balaban J connectivity index is 2.14. The molecule has 7 heteroatoms. The van der Waals surface area contributed by atoms with E-state index in [9.17, 15) is 15.2 Å². The lowest BCUT2D eigenvalue weighted by molar-refractivity contribution is -0.384. The molecule has 0 spiro atoms. The first-order chi connectivity index (χ1) is 10.5. The number of aromatic hydroxyl groups is 1. The molecule has 0 fully saturated rings. The van der Waals surface area contributed by atoms with Gasteiger partial charge < -0.3 is 10.0 Å². The molecule has 0 saturated heterocycles. The van der Waals surface area contributed by atoms with E-state index >= 15 is 0 Å². The summed E-state index contributed by atoms with van der Waals surface area (Å²) < 4.78 is 0. The van der Waals surface area contributed by atoms with E-state index in [1.807, 2.05) is 25.5 Å². The van der Waals surface area contributed by atoms with E-state index in [4.69, 9.17) is 0 Å². The van der Waals surface area contributed by atoms with Crippen LogP contribution in [0.5, 0.6) is 5.75 Å². The summed E-state index contributed by atoms with van der Waals surface area (Å²) in [6.45, 7) is 0.510. The van der Waals surface area contributed by atoms with Crippen LogP contribution in [0, 0.1) is 10.1 Å². The number of hydrogen-bond donors (Lipinski definition) is 1. The average Bonchev–Trinajstić information content (AvgIpc) is 2.98. The van der Waals surface area contributed by atoms with Gasteiger partial charge in [-0.2, -0.15) is 0 Å². The lowest BCUT2D eigenvalue weighted by atomic mass is 10.2. The van der Waals surface area contributed by atoms with Crippen LogP contribution < -0.4 is 0 Å². The average molecular weight is 319 g/mol. The fourth-order valence-corrected chi connectivity index (χ4v) is 2.91. The molecule has 0 amide bonds. The van der Waals surface area contributed by atoms with E-state index in [-0.39, 0.29) is 17.5 Å². The summed E-state index contributed by atoms with van der Waals surface area (Å²) in [6, 6.07) is 8.07. The zero-order chi connectivity index (χ0) is 16.1. The Labute approximate surface area is 132 Å². The number of aliphatic imine (C=N–C) groups is 1. The highest BCUT2D eigenvalue weighted by Crippen LogP contribution is 2.24. The van der Waals surface area contributed by atoms with Crippen molar-refractivity contribution in [2.45, 2.75) is 6.04 Å². The van der Waals surface area contributed by atoms with Gasteiger partial charge in [0, 0.05) is 28.8 Å². The molecule has 0 aliphatic carbocycles. The topological polar surface area (TPSA) is 79.0 Å². The van der Waals surface area contributed by atoms with Crippen LogP contribution in [0.1, 0.15) is 16.5 Å². The number of nitro groups is 1. The van der Waals surface area contributed by atoms with E-state index in [0.29, 0.717) is 12.1 Å². The maximum Gasteiger partial charge on any atom is 0.270 e. The number of benzene rings is 1. The van der Waals surface area contributed by atoms with Gasteiger partial charge in [-0.05, 0) is 31.6 Å². The molecule has 6 nitrogen and oxygen atoms in total. The first-order valence-corrected chi connectivity index (χ1v) is 7.54. The zero-order valence-electron chi connectivity index (χ0n) is 12.3. The summed E-state index contributed by atoms with van der Waals surface area (Å²) in [5.41, 5.74) is 0.277. The van der Waals surface area contributed by atoms with Gasteiger partial charge in [-0.25, -0.2) is 0 Å². The molecule has 0 bridgehead atoms. The summed E-state index contributed by atoms with van der Waals surface area (Å²) >= 11 is 1.66. The van der Waals surface area contributed by atoms with Crippen molar-refractivity contribution in [1.82, 2.24) is 4.90 Å². The number of nitro benzene ring substituents is 1. The van der Waals surface area contributed by atoms with Crippen molar-refractivity contribution in [3.8, 4) is 5.75 Å². The Hall–Kier alpha value is -2.25. The van der Waals surface area contributed by atoms with Crippen LogP contribution in [0.25, 0.3) is 0 Å². The number of hydrogen-bond acceptors (Lipinski definition) is 6. The van der Waals surface area contributed by atoms with Gasteiger partial charge in [0.15, 0.2) is 0 Å². The molecule has 0 aliphatic heterocycles. The molecule has 1 N–H and O–H groups in total. The molecule has 1 heterocycles. The van der Waals surface area contributed by atoms with Crippen LogP contribution in [0.3, 0.4) is 0 Å². The van der Waals surface area contributed by atoms with Gasteiger partial charge in [0.2, 0.25) is 0 Å². The highest BCUT2D eigenvalue weighted by molar-refractivity contribution is 7.10. The van der Waals surface area contributed by atoms with Gasteiger partial charge in [-0.15, -0.1) is 11.3 Å². The summed E-state index contributed by atoms with van der Waals surface area (Å²) in [5.74, 6) is -0.0214. The van der Waals surface area contributed by atoms with Crippen molar-refractivity contribution in [1.29, 1.82) is 0 Å². The maximum atomic E-state index is 10.8. The lowest BCUT2D eigenvalue weighted by Gasteiger charge is -2.21. The highest BCUT2D eigenvalue weighted by atomic mass is 32.1. The van der Waals surface area contributed by atoms with Gasteiger partial charge >= 0.3 is 0 Å². The highest BCUT2D eigenvalue weighted by Gasteiger charge is 2.14. The molecule has 116 valence electrons. The fraction of sp³-hybridized carbons (Fsp3) is 0.267. The van der Waals surface area contributed by atoms with Crippen molar-refractivity contribution in [3.05, 3.63) is 56.3 Å². The number of phenolic OH excluding ortho intramolecular Hbond substituents is 1. The van der Waals surface area contributed by atoms with E-state index < -0.39 is 4.92 Å². The standard InChI is InChI=1S/C15H17N3O3S/c1-17(2)13(15-4-3-7-22-15)10-16-9-11-8-12(18(20)21)5-6-14(11)19/h3-9,13,19H,10H2,1-2H3/t13-/m1/s1. The molecule has 1 aromatic heterocycles. The third kappa shape index (κ3) is 3.90. The van der Waals surface area contributed by atoms with E-state index in [2.05, 4.69) is 16.0 Å². The molecular formula is C15H17N3O3S. The molecule has 0 radical (unpaired) electrons. The molecule has 0 aliphatic rings. The van der Waals surface area contributed by atoms with Crippen LogP contribution in [-0.4, -0.2) is 41.8 Å². The minimum atomic E-state index is -0.495. The van der Waals surface area contributed by atoms with Gasteiger partial charge in [0.05, 0.1) is 17.5 Å². The van der Waals surface area contributed by atoms with Gasteiger partial charge in [0.1, 0.15) is 5.75 Å². The zero-order valence-corrected chi connectivity index (χ0v) is 13.2. The SMILES string of the molecule is CN(C)[C@H](CN=Cc1cc([N+](=O)[O-])ccc1O)c1cccs1. The molecule has 0 saturated carbocycles. The smallest absolute Gasteiger partial charge is 0.270 e. The fourth-order valence-electron chi connectivity index (χ4n) is 2.00. The number of nitrogens with zero attached hydrogens (tertiary/aromatic N) is 3. The number of phenols is 1. The van der Waals surface area contributed by atoms with Crippen molar-refractivity contribution in [2.75, 3.05) is 20.6 Å². The summed E-state index contributed by atoms with van der Waals surface area (Å²) in [4.78, 5) is 17.9. The largest absolute Gasteiger partial charge is 0.507 e. The Morgan fingerprint density at radius 3 is 2.82 bits per heavy atom. The number of rotatable bonds is 6. The predicted molar refractivity (Wildman–Crippen MR) is 88.0 cm³/mol. The molecule has 2 rings (SSSR count). The van der Waals surface area contributed by atoms with E-state index in [1.54, 1.807) is 11.3 Å². The van der Waals surface area contributed by atoms with Gasteiger partial charge in [-0.1, -0.05) is 6.07 Å². The third-order valence-electron chi connectivity index (χ3n) is 3.23. The van der Waals surface area contributed by atoms with Crippen molar-refractivity contribution < 1.29 is 10.0 Å². The Morgan fingerprint density at radius 2 is 2.23 bits per heavy atom. The quantitative estimate of drug-likeness (QED) is 0.504. The molecule has 1 aromatic carbocycles. The normalized spacial score (nSPS) is 12.9. The predicted octanol–water partition coefficient (Wildman–Crippen LogP) is 3.08. The van der Waals surface area contributed by atoms with Crippen LogP contribution in [0.2, 0.25) is 0 Å². The van der Waals surface area contributed by atoms with Gasteiger partial charge in [-0.3, -0.25) is 15.1 Å². The Morgan fingerprint density at radius 1 is 1.45 bits per heavy atom. The van der Waals surface area contributed by atoms with E-state index in [0.717, 1.165) is 0 Å². The second-order valence-corrected chi connectivity index (χ2v) is 5.97. The number of likely N-dealkylation sites (N-methyl/N-ethyl adjacent to an activating group) is 1. The van der Waals surface area contributed by atoms with E-state index in [1.165, 1.54) is 29.3 Å². The second kappa shape index (κ2) is 7.15.